The zero-order valence-electron chi connectivity index (χ0n) is 15.8. The molecule has 0 saturated carbocycles. The van der Waals surface area contributed by atoms with Crippen LogP contribution in [0.4, 0.5) is 0 Å². The van der Waals surface area contributed by atoms with Gasteiger partial charge in [0.25, 0.3) is 5.91 Å². The van der Waals surface area contributed by atoms with Gasteiger partial charge in [-0.1, -0.05) is 18.2 Å². The summed E-state index contributed by atoms with van der Waals surface area (Å²) < 4.78 is 11.4. The van der Waals surface area contributed by atoms with Crippen LogP contribution < -0.4 is 20.1 Å². The number of carbonyl (C=O) groups is 1. The van der Waals surface area contributed by atoms with Crippen molar-refractivity contribution in [1.29, 1.82) is 0 Å². The van der Waals surface area contributed by atoms with Crippen LogP contribution in [0.25, 0.3) is 0 Å². The Kier molecular flexibility index (Phi) is 5.03. The molecule has 2 aliphatic rings. The number of methoxy groups -OCH3 is 1. The van der Waals surface area contributed by atoms with Gasteiger partial charge in [0, 0.05) is 30.6 Å². The first kappa shape index (κ1) is 17.9. The van der Waals surface area contributed by atoms with Gasteiger partial charge in [-0.15, -0.1) is 0 Å². The molecular formula is C22H26N2O3. The minimum absolute atomic E-state index is 0.0142. The second-order valence-electron chi connectivity index (χ2n) is 7.50. The summed E-state index contributed by atoms with van der Waals surface area (Å²) in [5.41, 5.74) is 3.09. The molecule has 5 heteroatoms. The van der Waals surface area contributed by atoms with E-state index in [9.17, 15) is 4.79 Å². The SMILES string of the molecule is COc1ccc([C@@H]2C[C@@H](C)NC[C@H]2COc2ccc3c(c2)C(=O)NC3)cc1. The van der Waals surface area contributed by atoms with Gasteiger partial charge in [0.1, 0.15) is 11.5 Å². The van der Waals surface area contributed by atoms with E-state index in [1.807, 2.05) is 30.3 Å². The van der Waals surface area contributed by atoms with Crippen molar-refractivity contribution in [2.75, 3.05) is 20.3 Å². The lowest BCUT2D eigenvalue weighted by atomic mass is 9.79. The largest absolute Gasteiger partial charge is 0.497 e. The zero-order chi connectivity index (χ0) is 18.8. The quantitative estimate of drug-likeness (QED) is 0.854. The molecule has 1 saturated heterocycles. The standard InChI is InChI=1S/C22H26N2O3/c1-14-9-20(15-3-6-18(26-2)7-4-15)17(12-23-14)13-27-19-8-5-16-11-24-22(25)21(16)10-19/h3-8,10,14,17,20,23H,9,11-13H2,1-2H3,(H,24,25)/t14-,17+,20+/m1/s1. The number of ether oxygens (including phenoxy) is 2. The van der Waals surface area contributed by atoms with Crippen molar-refractivity contribution in [3.05, 3.63) is 59.2 Å². The predicted molar refractivity (Wildman–Crippen MR) is 104 cm³/mol. The lowest BCUT2D eigenvalue weighted by Crippen LogP contribution is -2.43. The number of carbonyl (C=O) groups excluding carboxylic acids is 1. The summed E-state index contributed by atoms with van der Waals surface area (Å²) in [4.78, 5) is 11.9. The number of amides is 1. The van der Waals surface area contributed by atoms with Gasteiger partial charge in [-0.2, -0.15) is 0 Å². The number of piperidine rings is 1. The highest BCUT2D eigenvalue weighted by Gasteiger charge is 2.30. The topological polar surface area (TPSA) is 59.6 Å². The molecule has 0 aromatic heterocycles. The first-order chi connectivity index (χ1) is 13.1. The lowest BCUT2D eigenvalue weighted by Gasteiger charge is -2.36. The van der Waals surface area contributed by atoms with E-state index in [1.54, 1.807) is 7.11 Å². The Bertz CT molecular complexity index is 819. The predicted octanol–water partition coefficient (Wildman–Crippen LogP) is 3.10. The van der Waals surface area contributed by atoms with E-state index in [0.29, 0.717) is 31.0 Å². The van der Waals surface area contributed by atoms with E-state index < -0.39 is 0 Å². The lowest BCUT2D eigenvalue weighted by molar-refractivity contribution is 0.0965. The van der Waals surface area contributed by atoms with Crippen molar-refractivity contribution >= 4 is 5.91 Å². The van der Waals surface area contributed by atoms with Crippen LogP contribution in [-0.2, 0) is 6.54 Å². The summed E-state index contributed by atoms with van der Waals surface area (Å²) in [7, 11) is 1.69. The van der Waals surface area contributed by atoms with Gasteiger partial charge in [-0.3, -0.25) is 4.79 Å². The van der Waals surface area contributed by atoms with Crippen molar-refractivity contribution in [2.24, 2.45) is 5.92 Å². The fourth-order valence-electron chi connectivity index (χ4n) is 4.07. The van der Waals surface area contributed by atoms with Crippen LogP contribution in [-0.4, -0.2) is 32.2 Å². The Labute approximate surface area is 160 Å². The van der Waals surface area contributed by atoms with Crippen LogP contribution >= 0.6 is 0 Å². The maximum atomic E-state index is 11.9. The second-order valence-corrected chi connectivity index (χ2v) is 7.50. The molecule has 27 heavy (non-hydrogen) atoms. The third-order valence-electron chi connectivity index (χ3n) is 5.68. The van der Waals surface area contributed by atoms with Crippen LogP contribution in [0.2, 0.25) is 0 Å². The van der Waals surface area contributed by atoms with Crippen molar-refractivity contribution in [3.8, 4) is 11.5 Å². The highest BCUT2D eigenvalue weighted by Crippen LogP contribution is 2.34. The maximum Gasteiger partial charge on any atom is 0.252 e. The van der Waals surface area contributed by atoms with Crippen LogP contribution in [0.5, 0.6) is 11.5 Å². The number of rotatable bonds is 5. The molecule has 2 aromatic carbocycles. The average Bonchev–Trinajstić information content (AvgIpc) is 3.07. The smallest absolute Gasteiger partial charge is 0.252 e. The number of fused-ring (bicyclic) bond motifs is 1. The summed E-state index contributed by atoms with van der Waals surface area (Å²) >= 11 is 0. The highest BCUT2D eigenvalue weighted by molar-refractivity contribution is 5.98. The molecule has 2 heterocycles. The minimum Gasteiger partial charge on any atom is -0.497 e. The van der Waals surface area contributed by atoms with E-state index in [0.717, 1.165) is 35.6 Å². The molecule has 1 fully saturated rings. The number of benzene rings is 2. The average molecular weight is 366 g/mol. The molecule has 142 valence electrons. The number of nitrogens with one attached hydrogen (secondary N) is 2. The van der Waals surface area contributed by atoms with Gasteiger partial charge < -0.3 is 20.1 Å². The highest BCUT2D eigenvalue weighted by atomic mass is 16.5. The van der Waals surface area contributed by atoms with Gasteiger partial charge in [0.15, 0.2) is 0 Å². The van der Waals surface area contributed by atoms with Gasteiger partial charge in [0.05, 0.1) is 13.7 Å². The fourth-order valence-corrected chi connectivity index (χ4v) is 4.07. The zero-order valence-corrected chi connectivity index (χ0v) is 15.8. The monoisotopic (exact) mass is 366 g/mol. The summed E-state index contributed by atoms with van der Waals surface area (Å²) in [5.74, 6) is 2.43. The molecule has 4 rings (SSSR count). The Balaban J connectivity index is 1.47. The molecule has 2 aromatic rings. The van der Waals surface area contributed by atoms with Gasteiger partial charge in [-0.25, -0.2) is 0 Å². The van der Waals surface area contributed by atoms with Crippen LogP contribution in [0, 0.1) is 5.92 Å². The molecule has 0 radical (unpaired) electrons. The van der Waals surface area contributed by atoms with Crippen molar-refractivity contribution in [2.45, 2.75) is 31.8 Å². The van der Waals surface area contributed by atoms with E-state index in [2.05, 4.69) is 29.7 Å². The fraction of sp³-hybridized carbons (Fsp3) is 0.409. The molecule has 0 aliphatic carbocycles. The van der Waals surface area contributed by atoms with E-state index in [1.165, 1.54) is 5.56 Å². The van der Waals surface area contributed by atoms with Gasteiger partial charge in [0.2, 0.25) is 0 Å². The molecule has 2 aliphatic heterocycles. The van der Waals surface area contributed by atoms with Crippen molar-refractivity contribution in [1.82, 2.24) is 10.6 Å². The molecule has 0 unspecified atom stereocenters. The second kappa shape index (κ2) is 7.61. The van der Waals surface area contributed by atoms with Crippen molar-refractivity contribution < 1.29 is 14.3 Å². The van der Waals surface area contributed by atoms with Crippen molar-refractivity contribution in [3.63, 3.8) is 0 Å². The Morgan fingerprint density at radius 3 is 2.67 bits per heavy atom. The molecule has 0 bridgehead atoms. The first-order valence-corrected chi connectivity index (χ1v) is 9.55. The molecule has 0 spiro atoms. The summed E-state index contributed by atoms with van der Waals surface area (Å²) in [5, 5.41) is 6.42. The Hall–Kier alpha value is -2.53. The van der Waals surface area contributed by atoms with Crippen LogP contribution in [0.15, 0.2) is 42.5 Å². The summed E-state index contributed by atoms with van der Waals surface area (Å²) in [6, 6.07) is 14.7. The summed E-state index contributed by atoms with van der Waals surface area (Å²) in [6.07, 6.45) is 1.08. The number of hydrogen-bond donors (Lipinski definition) is 2. The van der Waals surface area contributed by atoms with Crippen LogP contribution in [0.3, 0.4) is 0 Å². The minimum atomic E-state index is -0.0142. The van der Waals surface area contributed by atoms with Crippen LogP contribution in [0.1, 0.15) is 40.7 Å². The maximum absolute atomic E-state index is 11.9. The first-order valence-electron chi connectivity index (χ1n) is 9.55. The van der Waals surface area contributed by atoms with Gasteiger partial charge >= 0.3 is 0 Å². The molecular weight excluding hydrogens is 340 g/mol. The van der Waals surface area contributed by atoms with Gasteiger partial charge in [-0.05, 0) is 54.7 Å². The summed E-state index contributed by atoms with van der Waals surface area (Å²) in [6.45, 7) is 4.38. The Morgan fingerprint density at radius 1 is 1.11 bits per heavy atom. The van der Waals surface area contributed by atoms with E-state index in [-0.39, 0.29) is 5.91 Å². The third kappa shape index (κ3) is 3.78. The Morgan fingerprint density at radius 2 is 1.89 bits per heavy atom. The number of hydrogen-bond acceptors (Lipinski definition) is 4. The molecule has 2 N–H and O–H groups in total. The normalized spacial score (nSPS) is 24.2. The third-order valence-corrected chi connectivity index (χ3v) is 5.68. The van der Waals surface area contributed by atoms with E-state index in [4.69, 9.17) is 9.47 Å². The molecule has 3 atom stereocenters. The molecule has 1 amide bonds. The van der Waals surface area contributed by atoms with E-state index >= 15 is 0 Å². The molecule has 5 nitrogen and oxygen atoms in total.